The van der Waals surface area contributed by atoms with Gasteiger partial charge in [0.25, 0.3) is 5.56 Å². The molecule has 0 unspecified atom stereocenters. The fraction of sp³-hybridized carbons (Fsp3) is 0.100. The first kappa shape index (κ1) is 9.09. The quantitative estimate of drug-likeness (QED) is 0.765. The van der Waals surface area contributed by atoms with Crippen molar-refractivity contribution in [3.8, 4) is 11.3 Å². The van der Waals surface area contributed by atoms with E-state index in [9.17, 15) is 4.79 Å². The van der Waals surface area contributed by atoms with Crippen LogP contribution in [0.4, 0.5) is 0 Å². The van der Waals surface area contributed by atoms with Gasteiger partial charge in [0.2, 0.25) is 0 Å². The van der Waals surface area contributed by atoms with Gasteiger partial charge in [0, 0.05) is 18.1 Å². The molecule has 0 radical (unpaired) electrons. The van der Waals surface area contributed by atoms with Crippen LogP contribution in [0.1, 0.15) is 0 Å². The van der Waals surface area contributed by atoms with Crippen molar-refractivity contribution < 1.29 is 0 Å². The third kappa shape index (κ3) is 1.59. The van der Waals surface area contributed by atoms with E-state index in [1.54, 1.807) is 25.2 Å². The minimum absolute atomic E-state index is 0.0463. The summed E-state index contributed by atoms with van der Waals surface area (Å²) >= 11 is 5.76. The van der Waals surface area contributed by atoms with Crippen LogP contribution in [-0.2, 0) is 7.05 Å². The first-order valence-corrected chi connectivity index (χ1v) is 4.56. The average Bonchev–Trinajstić information content (AvgIpc) is 2.48. The van der Waals surface area contributed by atoms with Gasteiger partial charge in [-0.15, -0.1) is 0 Å². The van der Waals surface area contributed by atoms with Gasteiger partial charge in [-0.1, -0.05) is 23.7 Å². The van der Waals surface area contributed by atoms with Gasteiger partial charge in [0.1, 0.15) is 0 Å². The summed E-state index contributed by atoms with van der Waals surface area (Å²) in [6.07, 6.45) is 0. The third-order valence-corrected chi connectivity index (χ3v) is 2.29. The summed E-state index contributed by atoms with van der Waals surface area (Å²) in [4.78, 5) is 11.2. The monoisotopic (exact) mass is 208 g/mol. The number of hydrogen-bond donors (Lipinski definition) is 1. The predicted molar refractivity (Wildman–Crippen MR) is 56.5 cm³/mol. The summed E-state index contributed by atoms with van der Waals surface area (Å²) in [5, 5.41) is 3.63. The molecule has 1 heterocycles. The third-order valence-electron chi connectivity index (χ3n) is 2.04. The Balaban J connectivity index is 2.49. The Kier molecular flexibility index (Phi) is 2.17. The Morgan fingerprint density at radius 3 is 2.43 bits per heavy atom. The average molecular weight is 209 g/mol. The lowest BCUT2D eigenvalue weighted by atomic mass is 10.2. The van der Waals surface area contributed by atoms with Crippen molar-refractivity contribution in [3.05, 3.63) is 45.7 Å². The van der Waals surface area contributed by atoms with Crippen LogP contribution in [0.2, 0.25) is 5.02 Å². The number of H-pyrrole nitrogens is 1. The molecule has 2 rings (SSSR count). The van der Waals surface area contributed by atoms with Crippen molar-refractivity contribution in [2.24, 2.45) is 7.05 Å². The van der Waals surface area contributed by atoms with Crippen molar-refractivity contribution in [1.29, 1.82) is 0 Å². The number of aromatic amines is 1. The second-order valence-corrected chi connectivity index (χ2v) is 3.51. The molecule has 4 heteroatoms. The second-order valence-electron chi connectivity index (χ2n) is 3.07. The Hall–Kier alpha value is -1.48. The topological polar surface area (TPSA) is 37.8 Å². The molecule has 0 aliphatic carbocycles. The number of rotatable bonds is 1. The van der Waals surface area contributed by atoms with Crippen LogP contribution in [0.5, 0.6) is 0 Å². The Morgan fingerprint density at radius 1 is 1.29 bits per heavy atom. The molecule has 0 amide bonds. The van der Waals surface area contributed by atoms with E-state index in [2.05, 4.69) is 5.10 Å². The van der Waals surface area contributed by atoms with Gasteiger partial charge in [0.05, 0.1) is 5.69 Å². The molecule has 1 aromatic heterocycles. The molecule has 72 valence electrons. The summed E-state index contributed by atoms with van der Waals surface area (Å²) in [6.45, 7) is 0. The predicted octanol–water partition coefficient (Wildman–Crippen LogP) is 2.03. The maximum atomic E-state index is 11.2. The lowest BCUT2D eigenvalue weighted by Crippen LogP contribution is -2.09. The van der Waals surface area contributed by atoms with Crippen molar-refractivity contribution in [2.75, 3.05) is 0 Å². The van der Waals surface area contributed by atoms with E-state index in [1.165, 1.54) is 4.68 Å². The van der Waals surface area contributed by atoms with Gasteiger partial charge in [-0.25, -0.2) is 0 Å². The maximum absolute atomic E-state index is 11.2. The Bertz CT molecular complexity index is 496. The van der Waals surface area contributed by atoms with Crippen LogP contribution < -0.4 is 5.56 Å². The molecule has 0 fully saturated rings. The van der Waals surface area contributed by atoms with Crippen LogP contribution in [0.15, 0.2) is 35.1 Å². The highest BCUT2D eigenvalue weighted by molar-refractivity contribution is 6.30. The maximum Gasteiger partial charge on any atom is 0.266 e. The largest absolute Gasteiger partial charge is 0.295 e. The SMILES string of the molecule is Cn1[nH]c(-c2ccc(Cl)cc2)cc1=O. The molecule has 0 spiro atoms. The molecule has 0 atom stereocenters. The first-order valence-electron chi connectivity index (χ1n) is 4.19. The second kappa shape index (κ2) is 3.35. The van der Waals surface area contributed by atoms with E-state index in [1.807, 2.05) is 12.1 Å². The molecule has 1 N–H and O–H groups in total. The number of nitrogens with one attached hydrogen (secondary N) is 1. The molecular formula is C10H9ClN2O. The summed E-state index contributed by atoms with van der Waals surface area (Å²) in [5.74, 6) is 0. The number of benzene rings is 1. The van der Waals surface area contributed by atoms with Crippen LogP contribution in [-0.4, -0.2) is 9.78 Å². The van der Waals surface area contributed by atoms with Gasteiger partial charge in [-0.3, -0.25) is 14.6 Å². The highest BCUT2D eigenvalue weighted by atomic mass is 35.5. The molecule has 0 saturated carbocycles. The number of nitrogens with zero attached hydrogens (tertiary/aromatic N) is 1. The fourth-order valence-electron chi connectivity index (χ4n) is 1.27. The van der Waals surface area contributed by atoms with Gasteiger partial charge in [-0.2, -0.15) is 0 Å². The van der Waals surface area contributed by atoms with E-state index < -0.39 is 0 Å². The number of hydrogen-bond acceptors (Lipinski definition) is 1. The van der Waals surface area contributed by atoms with Gasteiger partial charge in [-0.05, 0) is 17.7 Å². The molecule has 0 bridgehead atoms. The lowest BCUT2D eigenvalue weighted by Gasteiger charge is -1.97. The minimum Gasteiger partial charge on any atom is -0.295 e. The number of aryl methyl sites for hydroxylation is 1. The fourth-order valence-corrected chi connectivity index (χ4v) is 1.39. The zero-order valence-electron chi connectivity index (χ0n) is 7.62. The molecule has 1 aromatic carbocycles. The van der Waals surface area contributed by atoms with Crippen molar-refractivity contribution in [2.45, 2.75) is 0 Å². The van der Waals surface area contributed by atoms with Crippen LogP contribution in [0, 0.1) is 0 Å². The van der Waals surface area contributed by atoms with Crippen molar-refractivity contribution in [3.63, 3.8) is 0 Å². The van der Waals surface area contributed by atoms with E-state index in [0.29, 0.717) is 5.02 Å². The van der Waals surface area contributed by atoms with E-state index >= 15 is 0 Å². The standard InChI is InChI=1S/C10H9ClN2O/c1-13-10(14)6-9(12-13)7-2-4-8(11)5-3-7/h2-6,12H,1H3. The first-order chi connectivity index (χ1) is 6.66. The van der Waals surface area contributed by atoms with Crippen LogP contribution in [0.25, 0.3) is 11.3 Å². The minimum atomic E-state index is -0.0463. The summed E-state index contributed by atoms with van der Waals surface area (Å²) in [5.41, 5.74) is 1.70. The molecule has 0 saturated heterocycles. The normalized spacial score (nSPS) is 10.4. The van der Waals surface area contributed by atoms with Crippen molar-refractivity contribution in [1.82, 2.24) is 9.78 Å². The zero-order valence-corrected chi connectivity index (χ0v) is 8.38. The Labute approximate surface area is 85.9 Å². The molecule has 2 aromatic rings. The van der Waals surface area contributed by atoms with Gasteiger partial charge in [0.15, 0.2) is 0 Å². The Morgan fingerprint density at radius 2 is 1.93 bits per heavy atom. The number of halogens is 1. The summed E-state index contributed by atoms with van der Waals surface area (Å²) in [6, 6.07) is 8.88. The van der Waals surface area contributed by atoms with E-state index in [4.69, 9.17) is 11.6 Å². The lowest BCUT2D eigenvalue weighted by molar-refractivity contribution is 0.742. The number of aromatic nitrogens is 2. The highest BCUT2D eigenvalue weighted by Crippen LogP contribution is 2.17. The smallest absolute Gasteiger partial charge is 0.266 e. The molecule has 0 aliphatic rings. The van der Waals surface area contributed by atoms with Gasteiger partial charge < -0.3 is 0 Å². The summed E-state index contributed by atoms with van der Waals surface area (Å²) in [7, 11) is 1.68. The molecule has 14 heavy (non-hydrogen) atoms. The summed E-state index contributed by atoms with van der Waals surface area (Å²) < 4.78 is 1.43. The zero-order chi connectivity index (χ0) is 10.1. The van der Waals surface area contributed by atoms with Crippen LogP contribution >= 0.6 is 11.6 Å². The molecular weight excluding hydrogens is 200 g/mol. The van der Waals surface area contributed by atoms with Crippen molar-refractivity contribution >= 4 is 11.6 Å². The van der Waals surface area contributed by atoms with E-state index in [-0.39, 0.29) is 5.56 Å². The van der Waals surface area contributed by atoms with E-state index in [0.717, 1.165) is 11.3 Å². The molecule has 0 aliphatic heterocycles. The highest BCUT2D eigenvalue weighted by Gasteiger charge is 2.01. The molecule has 3 nitrogen and oxygen atoms in total. The van der Waals surface area contributed by atoms with Gasteiger partial charge >= 0.3 is 0 Å². The van der Waals surface area contributed by atoms with Crippen LogP contribution in [0.3, 0.4) is 0 Å².